The smallest absolute Gasteiger partial charge is 0.223 e. The number of carbonyl (C=O) groups excluding carboxylic acids is 1. The summed E-state index contributed by atoms with van der Waals surface area (Å²) in [5, 5.41) is 6.39. The summed E-state index contributed by atoms with van der Waals surface area (Å²) in [6.07, 6.45) is 5.57. The van der Waals surface area contributed by atoms with E-state index in [1.54, 1.807) is 12.1 Å². The molecule has 1 aliphatic carbocycles. The molecule has 3 nitrogen and oxygen atoms in total. The summed E-state index contributed by atoms with van der Waals surface area (Å²) in [6, 6.07) is 6.94. The summed E-state index contributed by atoms with van der Waals surface area (Å²) in [4.78, 5) is 12.4. The van der Waals surface area contributed by atoms with Gasteiger partial charge in [0.15, 0.2) is 0 Å². The number of amides is 1. The Morgan fingerprint density at radius 2 is 2.09 bits per heavy atom. The monoisotopic (exact) mass is 318 g/mol. The first-order valence-corrected chi connectivity index (χ1v) is 8.85. The van der Waals surface area contributed by atoms with Gasteiger partial charge in [0.1, 0.15) is 5.82 Å². The van der Waals surface area contributed by atoms with Crippen molar-refractivity contribution < 1.29 is 9.18 Å². The van der Waals surface area contributed by atoms with Crippen molar-refractivity contribution in [3.05, 3.63) is 35.6 Å². The zero-order chi connectivity index (χ0) is 16.3. The number of hydrogen-bond acceptors (Lipinski definition) is 2. The Bertz CT molecular complexity index is 550. The largest absolute Gasteiger partial charge is 0.355 e. The van der Waals surface area contributed by atoms with E-state index in [4.69, 9.17) is 0 Å². The predicted octanol–water partition coefficient (Wildman–Crippen LogP) is 3.00. The first kappa shape index (κ1) is 16.4. The molecule has 1 saturated carbocycles. The lowest BCUT2D eigenvalue weighted by molar-refractivity contribution is -0.127. The average Bonchev–Trinajstić information content (AvgIpc) is 2.52. The zero-order valence-electron chi connectivity index (χ0n) is 13.9. The van der Waals surface area contributed by atoms with Gasteiger partial charge in [-0.1, -0.05) is 38.3 Å². The highest BCUT2D eigenvalue weighted by Crippen LogP contribution is 2.39. The topological polar surface area (TPSA) is 41.1 Å². The van der Waals surface area contributed by atoms with E-state index in [0.717, 1.165) is 44.3 Å². The second kappa shape index (κ2) is 7.00. The second-order valence-electron chi connectivity index (χ2n) is 7.28. The summed E-state index contributed by atoms with van der Waals surface area (Å²) in [7, 11) is 0. The number of rotatable bonds is 5. The summed E-state index contributed by atoms with van der Waals surface area (Å²) in [5.74, 6) is 0.446. The van der Waals surface area contributed by atoms with Crippen LogP contribution in [0.4, 0.5) is 4.39 Å². The van der Waals surface area contributed by atoms with E-state index in [0.29, 0.717) is 12.5 Å². The minimum atomic E-state index is -0.187. The second-order valence-corrected chi connectivity index (χ2v) is 7.28. The van der Waals surface area contributed by atoms with E-state index >= 15 is 0 Å². The molecule has 1 aliphatic heterocycles. The molecule has 0 bridgehead atoms. The molecule has 1 amide bonds. The van der Waals surface area contributed by atoms with Gasteiger partial charge < -0.3 is 10.6 Å². The van der Waals surface area contributed by atoms with Gasteiger partial charge in [-0.3, -0.25) is 4.79 Å². The molecule has 1 aromatic carbocycles. The SMILES string of the molecule is CC(C(=O)NCC1(c2cccc(F)c2)CCCCC1)C1CNC1. The molecule has 1 heterocycles. The number of benzene rings is 1. The maximum atomic E-state index is 13.7. The Labute approximate surface area is 138 Å². The molecule has 2 aliphatic rings. The van der Waals surface area contributed by atoms with Crippen LogP contribution < -0.4 is 10.6 Å². The maximum Gasteiger partial charge on any atom is 0.223 e. The third kappa shape index (κ3) is 3.57. The Balaban J connectivity index is 1.70. The minimum absolute atomic E-state index is 0.0457. The van der Waals surface area contributed by atoms with Crippen LogP contribution >= 0.6 is 0 Å². The van der Waals surface area contributed by atoms with Crippen molar-refractivity contribution in [1.29, 1.82) is 0 Å². The van der Waals surface area contributed by atoms with Gasteiger partial charge in [0, 0.05) is 17.9 Å². The van der Waals surface area contributed by atoms with Gasteiger partial charge in [0.25, 0.3) is 0 Å². The molecule has 1 aromatic rings. The van der Waals surface area contributed by atoms with Crippen LogP contribution in [0.5, 0.6) is 0 Å². The summed E-state index contributed by atoms with van der Waals surface area (Å²) < 4.78 is 13.7. The maximum absolute atomic E-state index is 13.7. The van der Waals surface area contributed by atoms with Crippen LogP contribution in [0.25, 0.3) is 0 Å². The van der Waals surface area contributed by atoms with Gasteiger partial charge >= 0.3 is 0 Å². The lowest BCUT2D eigenvalue weighted by Crippen LogP contribution is -2.51. The van der Waals surface area contributed by atoms with Crippen molar-refractivity contribution in [3.8, 4) is 0 Å². The molecule has 2 fully saturated rings. The highest BCUT2D eigenvalue weighted by Gasteiger charge is 2.36. The third-order valence-corrected chi connectivity index (χ3v) is 5.78. The van der Waals surface area contributed by atoms with Gasteiger partial charge in [0.2, 0.25) is 5.91 Å². The van der Waals surface area contributed by atoms with Crippen LogP contribution in [0.3, 0.4) is 0 Å². The number of nitrogens with one attached hydrogen (secondary N) is 2. The van der Waals surface area contributed by atoms with E-state index < -0.39 is 0 Å². The van der Waals surface area contributed by atoms with E-state index in [2.05, 4.69) is 10.6 Å². The average molecular weight is 318 g/mol. The Kier molecular flexibility index (Phi) is 5.00. The molecule has 0 radical (unpaired) electrons. The standard InChI is InChI=1S/C19H27FN2O/c1-14(15-11-21-12-15)18(23)22-13-19(8-3-2-4-9-19)16-6-5-7-17(20)10-16/h5-7,10,14-15,21H,2-4,8-9,11-13H2,1H3,(H,22,23). The highest BCUT2D eigenvalue weighted by atomic mass is 19.1. The number of carbonyl (C=O) groups is 1. The molecule has 1 unspecified atom stereocenters. The molecule has 23 heavy (non-hydrogen) atoms. The van der Waals surface area contributed by atoms with Gasteiger partial charge in [0.05, 0.1) is 0 Å². The molecule has 1 saturated heterocycles. The van der Waals surface area contributed by atoms with Crippen molar-refractivity contribution in [2.24, 2.45) is 11.8 Å². The summed E-state index contributed by atoms with van der Waals surface area (Å²) in [6.45, 7) is 4.50. The molecule has 0 spiro atoms. The fourth-order valence-electron chi connectivity index (χ4n) is 3.91. The lowest BCUT2D eigenvalue weighted by Gasteiger charge is -2.39. The zero-order valence-corrected chi connectivity index (χ0v) is 13.9. The van der Waals surface area contributed by atoms with Crippen LogP contribution in [0.2, 0.25) is 0 Å². The Morgan fingerprint density at radius 3 is 2.70 bits per heavy atom. The first-order chi connectivity index (χ1) is 11.1. The van der Waals surface area contributed by atoms with Gasteiger partial charge in [-0.2, -0.15) is 0 Å². The van der Waals surface area contributed by atoms with Gasteiger partial charge in [-0.05, 0) is 49.5 Å². The van der Waals surface area contributed by atoms with Crippen LogP contribution in [0, 0.1) is 17.7 Å². The van der Waals surface area contributed by atoms with E-state index in [9.17, 15) is 9.18 Å². The third-order valence-electron chi connectivity index (χ3n) is 5.78. The normalized spacial score (nSPS) is 22.2. The molecular weight excluding hydrogens is 291 g/mol. The fraction of sp³-hybridized carbons (Fsp3) is 0.632. The highest BCUT2D eigenvalue weighted by molar-refractivity contribution is 5.78. The van der Waals surface area contributed by atoms with Crippen molar-refractivity contribution in [2.45, 2.75) is 44.4 Å². The summed E-state index contributed by atoms with van der Waals surface area (Å²) >= 11 is 0. The predicted molar refractivity (Wildman–Crippen MR) is 89.7 cm³/mol. The molecule has 2 N–H and O–H groups in total. The van der Waals surface area contributed by atoms with Crippen molar-refractivity contribution in [2.75, 3.05) is 19.6 Å². The summed E-state index contributed by atoms with van der Waals surface area (Å²) in [5.41, 5.74) is 0.934. The Morgan fingerprint density at radius 1 is 1.35 bits per heavy atom. The number of hydrogen-bond donors (Lipinski definition) is 2. The molecular formula is C19H27FN2O. The quantitative estimate of drug-likeness (QED) is 0.876. The molecule has 126 valence electrons. The van der Waals surface area contributed by atoms with Crippen LogP contribution in [0.15, 0.2) is 24.3 Å². The molecule has 1 atom stereocenters. The van der Waals surface area contributed by atoms with Gasteiger partial charge in [-0.15, -0.1) is 0 Å². The molecule has 3 rings (SSSR count). The van der Waals surface area contributed by atoms with E-state index in [-0.39, 0.29) is 23.1 Å². The number of halogens is 1. The van der Waals surface area contributed by atoms with Crippen molar-refractivity contribution in [1.82, 2.24) is 10.6 Å². The lowest BCUT2D eigenvalue weighted by atomic mass is 9.69. The first-order valence-electron chi connectivity index (χ1n) is 8.85. The van der Waals surface area contributed by atoms with Crippen LogP contribution in [-0.4, -0.2) is 25.5 Å². The van der Waals surface area contributed by atoms with E-state index in [1.165, 1.54) is 12.5 Å². The molecule has 0 aromatic heterocycles. The minimum Gasteiger partial charge on any atom is -0.355 e. The molecule has 4 heteroatoms. The van der Waals surface area contributed by atoms with Crippen molar-refractivity contribution >= 4 is 5.91 Å². The Hall–Kier alpha value is -1.42. The van der Waals surface area contributed by atoms with Gasteiger partial charge in [-0.25, -0.2) is 4.39 Å². The van der Waals surface area contributed by atoms with E-state index in [1.807, 2.05) is 13.0 Å². The fourth-order valence-corrected chi connectivity index (χ4v) is 3.91. The van der Waals surface area contributed by atoms with Crippen LogP contribution in [-0.2, 0) is 10.2 Å². The van der Waals surface area contributed by atoms with Crippen molar-refractivity contribution in [3.63, 3.8) is 0 Å². The van der Waals surface area contributed by atoms with Crippen LogP contribution in [0.1, 0.15) is 44.6 Å².